The molecule has 3 N–H and O–H groups in total. The molecule has 1 aliphatic rings. The van der Waals surface area contributed by atoms with Crippen LogP contribution in [0.5, 0.6) is 0 Å². The molecule has 1 aromatic carbocycles. The largest absolute Gasteiger partial charge is 0.388 e. The zero-order valence-electron chi connectivity index (χ0n) is 9.32. The Bertz CT molecular complexity index is 359. The summed E-state index contributed by atoms with van der Waals surface area (Å²) < 4.78 is 5.04. The van der Waals surface area contributed by atoms with Gasteiger partial charge >= 0.3 is 0 Å². The molecule has 5 heteroatoms. The molecular formula is C12H16O4S. The average molecular weight is 256 g/mol. The SMILES string of the molecule is O[C@@H]1COC(O)(CSCc2ccccc2)[C@H]1O. The lowest BCUT2D eigenvalue weighted by Gasteiger charge is -2.25. The van der Waals surface area contributed by atoms with E-state index in [1.807, 2.05) is 30.3 Å². The van der Waals surface area contributed by atoms with E-state index in [-0.39, 0.29) is 12.4 Å². The first kappa shape index (κ1) is 12.9. The van der Waals surface area contributed by atoms with E-state index in [1.54, 1.807) is 0 Å². The number of rotatable bonds is 4. The zero-order valence-corrected chi connectivity index (χ0v) is 10.1. The highest BCUT2D eigenvalue weighted by molar-refractivity contribution is 7.98. The van der Waals surface area contributed by atoms with Crippen molar-refractivity contribution in [2.24, 2.45) is 0 Å². The number of aliphatic hydroxyl groups excluding tert-OH is 2. The summed E-state index contributed by atoms with van der Waals surface area (Å²) >= 11 is 1.46. The van der Waals surface area contributed by atoms with Gasteiger partial charge in [-0.15, -0.1) is 0 Å². The summed E-state index contributed by atoms with van der Waals surface area (Å²) in [7, 11) is 0. The number of aliphatic hydroxyl groups is 3. The molecule has 1 aromatic rings. The Morgan fingerprint density at radius 2 is 2.00 bits per heavy atom. The lowest BCUT2D eigenvalue weighted by atomic mass is 10.1. The summed E-state index contributed by atoms with van der Waals surface area (Å²) in [5.41, 5.74) is 1.15. The third-order valence-electron chi connectivity index (χ3n) is 2.75. The first-order valence-corrected chi connectivity index (χ1v) is 6.61. The van der Waals surface area contributed by atoms with Crippen LogP contribution in [0.3, 0.4) is 0 Å². The van der Waals surface area contributed by atoms with Crippen molar-refractivity contribution in [3.05, 3.63) is 35.9 Å². The van der Waals surface area contributed by atoms with Crippen LogP contribution in [-0.4, -0.2) is 45.7 Å². The molecule has 1 unspecified atom stereocenters. The Morgan fingerprint density at radius 1 is 1.29 bits per heavy atom. The van der Waals surface area contributed by atoms with Crippen LogP contribution < -0.4 is 0 Å². The van der Waals surface area contributed by atoms with Crippen LogP contribution in [0.15, 0.2) is 30.3 Å². The van der Waals surface area contributed by atoms with Crippen molar-refractivity contribution in [3.8, 4) is 0 Å². The predicted molar refractivity (Wildman–Crippen MR) is 65.5 cm³/mol. The van der Waals surface area contributed by atoms with E-state index >= 15 is 0 Å². The van der Waals surface area contributed by atoms with Gasteiger partial charge in [0.15, 0.2) is 0 Å². The summed E-state index contributed by atoms with van der Waals surface area (Å²) in [4.78, 5) is 0. The zero-order chi connectivity index (χ0) is 12.3. The molecule has 0 bridgehead atoms. The fourth-order valence-corrected chi connectivity index (χ4v) is 2.80. The Balaban J connectivity index is 1.83. The van der Waals surface area contributed by atoms with Crippen molar-refractivity contribution in [1.82, 2.24) is 0 Å². The number of benzene rings is 1. The molecule has 2 rings (SSSR count). The molecule has 0 radical (unpaired) electrons. The van der Waals surface area contributed by atoms with Gasteiger partial charge in [0.25, 0.3) is 0 Å². The van der Waals surface area contributed by atoms with E-state index in [0.29, 0.717) is 0 Å². The summed E-state index contributed by atoms with van der Waals surface area (Å²) in [5.74, 6) is -0.658. The molecule has 1 fully saturated rings. The van der Waals surface area contributed by atoms with Crippen molar-refractivity contribution in [1.29, 1.82) is 0 Å². The topological polar surface area (TPSA) is 69.9 Å². The molecule has 94 valence electrons. The van der Waals surface area contributed by atoms with E-state index in [9.17, 15) is 15.3 Å². The minimum Gasteiger partial charge on any atom is -0.388 e. The third kappa shape index (κ3) is 3.00. The van der Waals surface area contributed by atoms with Crippen LogP contribution in [0.25, 0.3) is 0 Å². The normalized spacial score (nSPS) is 32.9. The van der Waals surface area contributed by atoms with Gasteiger partial charge in [-0.05, 0) is 5.56 Å². The van der Waals surface area contributed by atoms with Gasteiger partial charge in [-0.3, -0.25) is 0 Å². The van der Waals surface area contributed by atoms with E-state index in [2.05, 4.69) is 0 Å². The van der Waals surface area contributed by atoms with Crippen LogP contribution >= 0.6 is 11.8 Å². The highest BCUT2D eigenvalue weighted by Crippen LogP contribution is 2.28. The molecular weight excluding hydrogens is 240 g/mol. The first-order chi connectivity index (χ1) is 8.12. The molecule has 1 aliphatic heterocycles. The summed E-state index contributed by atoms with van der Waals surface area (Å²) in [6.45, 7) is -0.0242. The van der Waals surface area contributed by atoms with Gasteiger partial charge in [0.1, 0.15) is 12.2 Å². The maximum atomic E-state index is 9.96. The molecule has 3 atom stereocenters. The number of hydrogen-bond donors (Lipinski definition) is 3. The van der Waals surface area contributed by atoms with Gasteiger partial charge in [-0.25, -0.2) is 0 Å². The molecule has 1 heterocycles. The molecule has 4 nitrogen and oxygen atoms in total. The van der Waals surface area contributed by atoms with Crippen LogP contribution in [-0.2, 0) is 10.5 Å². The Hall–Kier alpha value is -0.590. The Morgan fingerprint density at radius 3 is 2.59 bits per heavy atom. The molecule has 1 saturated heterocycles. The van der Waals surface area contributed by atoms with Gasteiger partial charge in [0.2, 0.25) is 5.79 Å². The molecule has 0 aromatic heterocycles. The van der Waals surface area contributed by atoms with E-state index < -0.39 is 18.0 Å². The molecule has 0 spiro atoms. The second-order valence-corrected chi connectivity index (χ2v) is 5.13. The minimum atomic E-state index is -1.63. The fraction of sp³-hybridized carbons (Fsp3) is 0.500. The van der Waals surface area contributed by atoms with Crippen molar-refractivity contribution in [3.63, 3.8) is 0 Å². The van der Waals surface area contributed by atoms with E-state index in [1.165, 1.54) is 11.8 Å². The van der Waals surface area contributed by atoms with Gasteiger partial charge in [0.05, 0.1) is 12.4 Å². The van der Waals surface area contributed by atoms with Crippen LogP contribution in [0, 0.1) is 0 Å². The van der Waals surface area contributed by atoms with Crippen molar-refractivity contribution in [2.45, 2.75) is 23.7 Å². The average Bonchev–Trinajstić information content (AvgIpc) is 2.59. The standard InChI is InChI=1S/C12H16O4S/c13-10-6-16-12(15,11(10)14)8-17-7-9-4-2-1-3-5-9/h1-5,10-11,13-15H,6-8H2/t10-,11+,12?/m1/s1. The predicted octanol–water partition coefficient (Wildman–Crippen LogP) is 0.360. The van der Waals surface area contributed by atoms with Crippen LogP contribution in [0.2, 0.25) is 0 Å². The van der Waals surface area contributed by atoms with Gasteiger partial charge < -0.3 is 20.1 Å². The first-order valence-electron chi connectivity index (χ1n) is 5.46. The molecule has 0 amide bonds. The minimum absolute atomic E-state index is 0.0242. The molecule has 17 heavy (non-hydrogen) atoms. The van der Waals surface area contributed by atoms with Gasteiger partial charge in [-0.1, -0.05) is 30.3 Å². The summed E-state index contributed by atoms with van der Waals surface area (Å²) in [6.07, 6.45) is -2.23. The second kappa shape index (κ2) is 5.37. The molecule has 0 saturated carbocycles. The highest BCUT2D eigenvalue weighted by Gasteiger charge is 2.47. The van der Waals surface area contributed by atoms with Crippen molar-refractivity contribution < 1.29 is 20.1 Å². The van der Waals surface area contributed by atoms with E-state index in [4.69, 9.17) is 4.74 Å². The highest BCUT2D eigenvalue weighted by atomic mass is 32.2. The lowest BCUT2D eigenvalue weighted by Crippen LogP contribution is -2.45. The van der Waals surface area contributed by atoms with Crippen molar-refractivity contribution >= 4 is 11.8 Å². The van der Waals surface area contributed by atoms with Gasteiger partial charge in [0, 0.05) is 5.75 Å². The lowest BCUT2D eigenvalue weighted by molar-refractivity contribution is -0.197. The monoisotopic (exact) mass is 256 g/mol. The molecule has 0 aliphatic carbocycles. The third-order valence-corrected chi connectivity index (χ3v) is 3.91. The van der Waals surface area contributed by atoms with Gasteiger partial charge in [-0.2, -0.15) is 11.8 Å². The van der Waals surface area contributed by atoms with Crippen molar-refractivity contribution in [2.75, 3.05) is 12.4 Å². The Labute approximate surface area is 104 Å². The Kier molecular flexibility index (Phi) is 4.06. The summed E-state index contributed by atoms with van der Waals surface area (Å²) in [5, 5.41) is 28.8. The number of hydrogen-bond acceptors (Lipinski definition) is 5. The fourth-order valence-electron chi connectivity index (χ4n) is 1.72. The second-order valence-electron chi connectivity index (χ2n) is 4.15. The smallest absolute Gasteiger partial charge is 0.204 e. The number of thioether (sulfide) groups is 1. The van der Waals surface area contributed by atoms with Crippen LogP contribution in [0.4, 0.5) is 0 Å². The maximum absolute atomic E-state index is 9.96. The van der Waals surface area contributed by atoms with Crippen LogP contribution in [0.1, 0.15) is 5.56 Å². The maximum Gasteiger partial charge on any atom is 0.204 e. The quantitative estimate of drug-likeness (QED) is 0.725. The summed E-state index contributed by atoms with van der Waals surface area (Å²) in [6, 6.07) is 9.85. The number of ether oxygens (including phenoxy) is 1. The van der Waals surface area contributed by atoms with E-state index in [0.717, 1.165) is 11.3 Å².